The fourth-order valence-corrected chi connectivity index (χ4v) is 2.58. The summed E-state index contributed by atoms with van der Waals surface area (Å²) in [6, 6.07) is 11.3. The molecule has 0 saturated carbocycles. The van der Waals surface area contributed by atoms with Crippen LogP contribution in [0.1, 0.15) is 30.1 Å². The van der Waals surface area contributed by atoms with Gasteiger partial charge < -0.3 is 16.0 Å². The molecule has 3 amide bonds. The zero-order valence-corrected chi connectivity index (χ0v) is 16.2. The first-order valence-electron chi connectivity index (χ1n) is 8.26. The second-order valence-corrected chi connectivity index (χ2v) is 6.66. The molecule has 0 aliphatic carbocycles. The highest BCUT2D eigenvalue weighted by Gasteiger charge is 2.10. The predicted octanol–water partition coefficient (Wildman–Crippen LogP) is 4.10. The maximum absolute atomic E-state index is 12.1. The Hall–Kier alpha value is -2.57. The molecule has 6 nitrogen and oxygen atoms in total. The number of hydrogen-bond acceptors (Lipinski definition) is 3. The SMILES string of the molecule is CC(=O)Nc1ccc(Cl)cc1NC(=O)CCCNC(=O)c1ccc(Cl)cc1. The zero-order valence-electron chi connectivity index (χ0n) is 14.6. The van der Waals surface area contributed by atoms with E-state index in [0.717, 1.165) is 0 Å². The van der Waals surface area contributed by atoms with Crippen LogP contribution in [0.25, 0.3) is 0 Å². The van der Waals surface area contributed by atoms with Crippen molar-refractivity contribution in [3.05, 3.63) is 58.1 Å². The molecule has 0 bridgehead atoms. The normalized spacial score (nSPS) is 10.2. The molecular formula is C19H19Cl2N3O3. The van der Waals surface area contributed by atoms with Gasteiger partial charge in [0, 0.05) is 35.5 Å². The topological polar surface area (TPSA) is 87.3 Å². The third-order valence-electron chi connectivity index (χ3n) is 3.54. The average Bonchev–Trinajstić information content (AvgIpc) is 2.61. The van der Waals surface area contributed by atoms with Gasteiger partial charge in [-0.3, -0.25) is 14.4 Å². The molecule has 0 unspecified atom stereocenters. The van der Waals surface area contributed by atoms with Gasteiger partial charge in [0.15, 0.2) is 0 Å². The van der Waals surface area contributed by atoms with E-state index in [9.17, 15) is 14.4 Å². The lowest BCUT2D eigenvalue weighted by atomic mass is 10.2. The van der Waals surface area contributed by atoms with Gasteiger partial charge in [-0.1, -0.05) is 23.2 Å². The number of hydrogen-bond donors (Lipinski definition) is 3. The molecule has 0 saturated heterocycles. The van der Waals surface area contributed by atoms with Crippen molar-refractivity contribution in [1.29, 1.82) is 0 Å². The summed E-state index contributed by atoms with van der Waals surface area (Å²) < 4.78 is 0. The molecule has 0 aliphatic heterocycles. The van der Waals surface area contributed by atoms with Crippen LogP contribution in [-0.4, -0.2) is 24.3 Å². The summed E-state index contributed by atoms with van der Waals surface area (Å²) in [5.41, 5.74) is 1.40. The quantitative estimate of drug-likeness (QED) is 0.603. The third-order valence-corrected chi connectivity index (χ3v) is 4.03. The summed E-state index contributed by atoms with van der Waals surface area (Å²) in [6.07, 6.45) is 0.661. The Morgan fingerprint density at radius 1 is 0.889 bits per heavy atom. The zero-order chi connectivity index (χ0) is 19.8. The Kier molecular flexibility index (Phi) is 7.64. The van der Waals surface area contributed by atoms with Crippen LogP contribution in [0, 0.1) is 0 Å². The molecule has 0 spiro atoms. The summed E-state index contributed by atoms with van der Waals surface area (Å²) in [5.74, 6) is -0.725. The third kappa shape index (κ3) is 6.92. The number of anilines is 2. The van der Waals surface area contributed by atoms with E-state index in [-0.39, 0.29) is 24.1 Å². The first-order valence-corrected chi connectivity index (χ1v) is 9.01. The second kappa shape index (κ2) is 9.94. The Morgan fingerprint density at radius 3 is 2.22 bits per heavy atom. The maximum Gasteiger partial charge on any atom is 0.251 e. The minimum atomic E-state index is -0.252. The molecule has 0 atom stereocenters. The molecule has 3 N–H and O–H groups in total. The van der Waals surface area contributed by atoms with Crippen molar-refractivity contribution < 1.29 is 14.4 Å². The molecule has 2 rings (SSSR count). The summed E-state index contributed by atoms with van der Waals surface area (Å²) in [6.45, 7) is 1.73. The van der Waals surface area contributed by atoms with Gasteiger partial charge in [-0.05, 0) is 48.9 Å². The predicted molar refractivity (Wildman–Crippen MR) is 107 cm³/mol. The van der Waals surface area contributed by atoms with Crippen LogP contribution >= 0.6 is 23.2 Å². The lowest BCUT2D eigenvalue weighted by Gasteiger charge is -2.12. The highest BCUT2D eigenvalue weighted by Crippen LogP contribution is 2.26. The van der Waals surface area contributed by atoms with Crippen molar-refractivity contribution in [2.24, 2.45) is 0 Å². The second-order valence-electron chi connectivity index (χ2n) is 5.79. The minimum Gasteiger partial charge on any atom is -0.352 e. The van der Waals surface area contributed by atoms with E-state index in [1.807, 2.05) is 0 Å². The number of benzene rings is 2. The van der Waals surface area contributed by atoms with Crippen molar-refractivity contribution in [3.63, 3.8) is 0 Å². The van der Waals surface area contributed by atoms with Gasteiger partial charge in [-0.15, -0.1) is 0 Å². The van der Waals surface area contributed by atoms with E-state index in [1.54, 1.807) is 42.5 Å². The van der Waals surface area contributed by atoms with E-state index in [2.05, 4.69) is 16.0 Å². The van der Waals surface area contributed by atoms with Crippen LogP contribution in [0.5, 0.6) is 0 Å². The fourth-order valence-electron chi connectivity index (χ4n) is 2.29. The molecule has 0 fully saturated rings. The van der Waals surface area contributed by atoms with Gasteiger partial charge in [0.05, 0.1) is 11.4 Å². The first-order chi connectivity index (χ1) is 12.8. The van der Waals surface area contributed by atoms with Crippen molar-refractivity contribution in [2.75, 3.05) is 17.2 Å². The molecule has 0 radical (unpaired) electrons. The summed E-state index contributed by atoms with van der Waals surface area (Å²) in [7, 11) is 0. The van der Waals surface area contributed by atoms with Crippen molar-refractivity contribution in [3.8, 4) is 0 Å². The smallest absolute Gasteiger partial charge is 0.251 e. The Balaban J connectivity index is 1.81. The lowest BCUT2D eigenvalue weighted by Crippen LogP contribution is -2.25. The van der Waals surface area contributed by atoms with E-state index in [0.29, 0.717) is 39.9 Å². The monoisotopic (exact) mass is 407 g/mol. The van der Waals surface area contributed by atoms with Gasteiger partial charge in [0.2, 0.25) is 11.8 Å². The molecule has 0 aromatic heterocycles. The van der Waals surface area contributed by atoms with Crippen LogP contribution in [-0.2, 0) is 9.59 Å². The summed E-state index contributed by atoms with van der Waals surface area (Å²) in [5, 5.41) is 9.09. The van der Waals surface area contributed by atoms with Crippen LogP contribution in [0.2, 0.25) is 10.0 Å². The van der Waals surface area contributed by atoms with Gasteiger partial charge in [0.1, 0.15) is 0 Å². The van der Waals surface area contributed by atoms with Gasteiger partial charge in [-0.25, -0.2) is 0 Å². The highest BCUT2D eigenvalue weighted by molar-refractivity contribution is 6.31. The number of carbonyl (C=O) groups is 3. The fraction of sp³-hybridized carbons (Fsp3) is 0.211. The number of amides is 3. The first kappa shape index (κ1) is 20.7. The standard InChI is InChI=1S/C19H19Cl2N3O3/c1-12(25)23-16-9-8-15(21)11-17(16)24-18(26)3-2-10-22-19(27)13-4-6-14(20)7-5-13/h4-9,11H,2-3,10H2,1H3,(H,22,27)(H,23,25)(H,24,26). The molecule has 2 aromatic carbocycles. The molecule has 8 heteroatoms. The molecule has 27 heavy (non-hydrogen) atoms. The van der Waals surface area contributed by atoms with Crippen molar-refractivity contribution in [1.82, 2.24) is 5.32 Å². The van der Waals surface area contributed by atoms with Crippen LogP contribution < -0.4 is 16.0 Å². The molecular weight excluding hydrogens is 389 g/mol. The number of carbonyl (C=O) groups excluding carboxylic acids is 3. The summed E-state index contributed by atoms with van der Waals surface area (Å²) >= 11 is 11.7. The Morgan fingerprint density at radius 2 is 1.56 bits per heavy atom. The van der Waals surface area contributed by atoms with Crippen molar-refractivity contribution in [2.45, 2.75) is 19.8 Å². The van der Waals surface area contributed by atoms with Gasteiger partial charge in [0.25, 0.3) is 5.91 Å². The van der Waals surface area contributed by atoms with E-state index >= 15 is 0 Å². The van der Waals surface area contributed by atoms with Gasteiger partial charge in [-0.2, -0.15) is 0 Å². The number of halogens is 2. The maximum atomic E-state index is 12.1. The molecule has 0 heterocycles. The van der Waals surface area contributed by atoms with E-state index < -0.39 is 0 Å². The highest BCUT2D eigenvalue weighted by atomic mass is 35.5. The van der Waals surface area contributed by atoms with E-state index in [4.69, 9.17) is 23.2 Å². The minimum absolute atomic E-state index is 0.201. The summed E-state index contributed by atoms with van der Waals surface area (Å²) in [4.78, 5) is 35.3. The molecule has 142 valence electrons. The van der Waals surface area contributed by atoms with Gasteiger partial charge >= 0.3 is 0 Å². The van der Waals surface area contributed by atoms with Crippen LogP contribution in [0.15, 0.2) is 42.5 Å². The lowest BCUT2D eigenvalue weighted by molar-refractivity contribution is -0.116. The van der Waals surface area contributed by atoms with E-state index in [1.165, 1.54) is 6.92 Å². The largest absolute Gasteiger partial charge is 0.352 e. The average molecular weight is 408 g/mol. The Labute approximate surface area is 167 Å². The van der Waals surface area contributed by atoms with Crippen LogP contribution in [0.4, 0.5) is 11.4 Å². The Bertz CT molecular complexity index is 839. The number of rotatable bonds is 7. The van der Waals surface area contributed by atoms with Crippen molar-refractivity contribution >= 4 is 52.3 Å². The molecule has 0 aliphatic rings. The molecule has 2 aromatic rings. The number of nitrogens with one attached hydrogen (secondary N) is 3. The van der Waals surface area contributed by atoms with Crippen LogP contribution in [0.3, 0.4) is 0 Å².